The molecule has 0 aliphatic carbocycles. The summed E-state index contributed by atoms with van der Waals surface area (Å²) in [6.07, 6.45) is 0.884. The predicted molar refractivity (Wildman–Crippen MR) is 107 cm³/mol. The molecule has 0 saturated carbocycles. The van der Waals surface area contributed by atoms with E-state index in [0.29, 0.717) is 35.4 Å². The number of morpholine rings is 1. The lowest BCUT2D eigenvalue weighted by atomic mass is 10.0. The van der Waals surface area contributed by atoms with Crippen LogP contribution in [0.1, 0.15) is 16.8 Å². The van der Waals surface area contributed by atoms with Crippen molar-refractivity contribution in [2.24, 2.45) is 0 Å². The van der Waals surface area contributed by atoms with E-state index in [-0.39, 0.29) is 12.0 Å². The zero-order chi connectivity index (χ0) is 19.3. The van der Waals surface area contributed by atoms with E-state index in [1.807, 2.05) is 18.2 Å². The minimum absolute atomic E-state index is 0.127. The first kappa shape index (κ1) is 18.4. The van der Waals surface area contributed by atoms with Crippen molar-refractivity contribution in [1.29, 1.82) is 0 Å². The standard InChI is InChI=1S/C22H22N2O4/c25-21(24-9-8-18-14-23-10-11-27-18)17-6-3-5-15(12-17)19-13-16-4-1-2-7-20(16)28-22(19)26/h1-7,12-13,18,23H,8-11,14H2,(H,24,25). The highest BCUT2D eigenvalue weighted by atomic mass is 16.5. The van der Waals surface area contributed by atoms with Crippen LogP contribution in [0.25, 0.3) is 22.1 Å². The maximum atomic E-state index is 12.5. The van der Waals surface area contributed by atoms with Crippen LogP contribution in [0, 0.1) is 0 Å². The molecular weight excluding hydrogens is 356 g/mol. The van der Waals surface area contributed by atoms with Crippen molar-refractivity contribution < 1.29 is 13.9 Å². The highest BCUT2D eigenvalue weighted by molar-refractivity contribution is 5.95. The minimum Gasteiger partial charge on any atom is -0.422 e. The molecule has 1 aliphatic heterocycles. The molecule has 1 fully saturated rings. The van der Waals surface area contributed by atoms with Crippen LogP contribution in [0.5, 0.6) is 0 Å². The molecular formula is C22H22N2O4. The van der Waals surface area contributed by atoms with Crippen LogP contribution in [0.15, 0.2) is 63.8 Å². The number of ether oxygens (including phenoxy) is 1. The fourth-order valence-electron chi connectivity index (χ4n) is 3.35. The first-order valence-electron chi connectivity index (χ1n) is 9.44. The summed E-state index contributed by atoms with van der Waals surface area (Å²) < 4.78 is 11.0. The van der Waals surface area contributed by atoms with Crippen molar-refractivity contribution in [3.63, 3.8) is 0 Å². The zero-order valence-electron chi connectivity index (χ0n) is 15.4. The Morgan fingerprint density at radius 2 is 2.04 bits per heavy atom. The second-order valence-corrected chi connectivity index (χ2v) is 6.81. The molecule has 1 saturated heterocycles. The number of benzene rings is 2. The molecule has 0 spiro atoms. The lowest BCUT2D eigenvalue weighted by molar-refractivity contribution is 0.0239. The molecule has 3 aromatic rings. The highest BCUT2D eigenvalue weighted by Crippen LogP contribution is 2.22. The summed E-state index contributed by atoms with van der Waals surface area (Å²) in [5.41, 5.74) is 1.73. The van der Waals surface area contributed by atoms with E-state index in [0.717, 1.165) is 24.9 Å². The third-order valence-electron chi connectivity index (χ3n) is 4.83. The van der Waals surface area contributed by atoms with Crippen molar-refractivity contribution in [1.82, 2.24) is 10.6 Å². The van der Waals surface area contributed by atoms with E-state index in [9.17, 15) is 9.59 Å². The molecule has 0 bridgehead atoms. The lowest BCUT2D eigenvalue weighted by Crippen LogP contribution is -2.40. The van der Waals surface area contributed by atoms with Crippen LogP contribution in [0.3, 0.4) is 0 Å². The monoisotopic (exact) mass is 378 g/mol. The van der Waals surface area contributed by atoms with E-state index in [4.69, 9.17) is 9.15 Å². The zero-order valence-corrected chi connectivity index (χ0v) is 15.4. The number of fused-ring (bicyclic) bond motifs is 1. The van der Waals surface area contributed by atoms with Gasteiger partial charge in [0.15, 0.2) is 0 Å². The van der Waals surface area contributed by atoms with Crippen molar-refractivity contribution >= 4 is 16.9 Å². The molecule has 2 N–H and O–H groups in total. The van der Waals surface area contributed by atoms with Crippen LogP contribution < -0.4 is 16.3 Å². The molecule has 6 heteroatoms. The Morgan fingerprint density at radius 3 is 2.89 bits per heavy atom. The van der Waals surface area contributed by atoms with Crippen molar-refractivity contribution in [2.75, 3.05) is 26.2 Å². The minimum atomic E-state index is -0.418. The molecule has 1 aliphatic rings. The molecule has 1 aromatic heterocycles. The third-order valence-corrected chi connectivity index (χ3v) is 4.83. The number of carbonyl (C=O) groups excluding carboxylic acids is 1. The number of amides is 1. The molecule has 28 heavy (non-hydrogen) atoms. The Morgan fingerprint density at radius 1 is 1.14 bits per heavy atom. The largest absolute Gasteiger partial charge is 0.422 e. The van der Waals surface area contributed by atoms with Crippen LogP contribution >= 0.6 is 0 Å². The van der Waals surface area contributed by atoms with E-state index in [1.54, 1.807) is 36.4 Å². The van der Waals surface area contributed by atoms with E-state index in [2.05, 4.69) is 10.6 Å². The molecule has 6 nitrogen and oxygen atoms in total. The van der Waals surface area contributed by atoms with Gasteiger partial charge in [0.1, 0.15) is 5.58 Å². The smallest absolute Gasteiger partial charge is 0.344 e. The molecule has 1 unspecified atom stereocenters. The Hall–Kier alpha value is -2.96. The molecule has 1 amide bonds. The van der Waals surface area contributed by atoms with Crippen LogP contribution in [-0.2, 0) is 4.74 Å². The van der Waals surface area contributed by atoms with E-state index in [1.165, 1.54) is 0 Å². The lowest BCUT2D eigenvalue weighted by Gasteiger charge is -2.23. The molecule has 144 valence electrons. The van der Waals surface area contributed by atoms with Gasteiger partial charge in [-0.1, -0.05) is 30.3 Å². The van der Waals surface area contributed by atoms with Gasteiger partial charge in [-0.05, 0) is 36.2 Å². The normalized spacial score (nSPS) is 16.8. The van der Waals surface area contributed by atoms with E-state index >= 15 is 0 Å². The quantitative estimate of drug-likeness (QED) is 0.667. The Bertz CT molecular complexity index is 1040. The van der Waals surface area contributed by atoms with Gasteiger partial charge in [-0.15, -0.1) is 0 Å². The first-order chi connectivity index (χ1) is 13.7. The van der Waals surface area contributed by atoms with Crippen molar-refractivity contribution in [3.8, 4) is 11.1 Å². The average molecular weight is 378 g/mol. The van der Waals surface area contributed by atoms with Gasteiger partial charge in [-0.25, -0.2) is 4.79 Å². The van der Waals surface area contributed by atoms with Crippen molar-refractivity contribution in [3.05, 3.63) is 70.6 Å². The number of para-hydroxylation sites is 1. The van der Waals surface area contributed by atoms with Crippen LogP contribution in [0.2, 0.25) is 0 Å². The van der Waals surface area contributed by atoms with Gasteiger partial charge in [0, 0.05) is 30.6 Å². The Kier molecular flexibility index (Phi) is 5.50. The molecule has 2 heterocycles. The fraction of sp³-hybridized carbons (Fsp3) is 0.273. The summed E-state index contributed by atoms with van der Waals surface area (Å²) in [5, 5.41) is 7.03. The number of nitrogens with one attached hydrogen (secondary N) is 2. The molecule has 2 aromatic carbocycles. The van der Waals surface area contributed by atoms with Crippen molar-refractivity contribution in [2.45, 2.75) is 12.5 Å². The van der Waals surface area contributed by atoms with Gasteiger partial charge in [0.05, 0.1) is 18.3 Å². The van der Waals surface area contributed by atoms with Gasteiger partial charge in [0.25, 0.3) is 5.91 Å². The third kappa shape index (κ3) is 4.13. The number of carbonyl (C=O) groups is 1. The highest BCUT2D eigenvalue weighted by Gasteiger charge is 2.14. The Labute approximate surface area is 162 Å². The number of hydrogen-bond donors (Lipinski definition) is 2. The number of rotatable bonds is 5. The van der Waals surface area contributed by atoms with Gasteiger partial charge in [-0.3, -0.25) is 4.79 Å². The maximum absolute atomic E-state index is 12.5. The number of hydrogen-bond acceptors (Lipinski definition) is 5. The predicted octanol–water partition coefficient (Wildman–Crippen LogP) is 2.57. The summed E-state index contributed by atoms with van der Waals surface area (Å²) in [5.74, 6) is -0.171. The summed E-state index contributed by atoms with van der Waals surface area (Å²) in [6, 6.07) is 16.2. The summed E-state index contributed by atoms with van der Waals surface area (Å²) in [4.78, 5) is 24.9. The maximum Gasteiger partial charge on any atom is 0.344 e. The summed E-state index contributed by atoms with van der Waals surface area (Å²) in [7, 11) is 0. The van der Waals surface area contributed by atoms with Gasteiger partial charge >= 0.3 is 5.63 Å². The Balaban J connectivity index is 1.49. The first-order valence-corrected chi connectivity index (χ1v) is 9.44. The second kappa shape index (κ2) is 8.37. The topological polar surface area (TPSA) is 80.6 Å². The SMILES string of the molecule is O=C(NCCC1CNCCO1)c1cccc(-c2cc3ccccc3oc2=O)c1. The second-order valence-electron chi connectivity index (χ2n) is 6.81. The fourth-order valence-corrected chi connectivity index (χ4v) is 3.35. The summed E-state index contributed by atoms with van der Waals surface area (Å²) in [6.45, 7) is 2.92. The summed E-state index contributed by atoms with van der Waals surface area (Å²) >= 11 is 0. The van der Waals surface area contributed by atoms with Gasteiger partial charge in [0.2, 0.25) is 0 Å². The molecule has 4 rings (SSSR count). The van der Waals surface area contributed by atoms with Gasteiger partial charge < -0.3 is 19.8 Å². The molecule has 0 radical (unpaired) electrons. The van der Waals surface area contributed by atoms with Gasteiger partial charge in [-0.2, -0.15) is 0 Å². The van der Waals surface area contributed by atoms with Crippen LogP contribution in [0.4, 0.5) is 0 Å². The van der Waals surface area contributed by atoms with Crippen LogP contribution in [-0.4, -0.2) is 38.3 Å². The molecule has 1 atom stereocenters. The van der Waals surface area contributed by atoms with E-state index < -0.39 is 5.63 Å². The average Bonchev–Trinajstić information content (AvgIpc) is 2.74.